The van der Waals surface area contributed by atoms with Crippen molar-refractivity contribution in [3.63, 3.8) is 0 Å². The first-order chi connectivity index (χ1) is 14.8. The summed E-state index contributed by atoms with van der Waals surface area (Å²) in [5, 5.41) is 4.27. The highest BCUT2D eigenvalue weighted by Crippen LogP contribution is 2.36. The molecule has 2 aliphatic heterocycles. The summed E-state index contributed by atoms with van der Waals surface area (Å²) in [6.45, 7) is 3.47. The Morgan fingerprint density at radius 2 is 1.80 bits per heavy atom. The van der Waals surface area contributed by atoms with Crippen LogP contribution in [0.2, 0.25) is 0 Å². The molecule has 1 aliphatic carbocycles. The van der Waals surface area contributed by atoms with Crippen molar-refractivity contribution < 1.29 is 9.26 Å². The molecule has 5 rings (SSSR count). The molecule has 1 atom stereocenters. The second kappa shape index (κ2) is 9.02. The molecule has 2 aromatic heterocycles. The van der Waals surface area contributed by atoms with Gasteiger partial charge >= 0.3 is 0 Å². The molecule has 30 heavy (non-hydrogen) atoms. The Hall–Kier alpha value is -1.99. The van der Waals surface area contributed by atoms with E-state index in [0.29, 0.717) is 23.9 Å². The molecule has 3 fully saturated rings. The van der Waals surface area contributed by atoms with Crippen LogP contribution in [0.3, 0.4) is 0 Å². The van der Waals surface area contributed by atoms with Crippen molar-refractivity contribution in [1.29, 1.82) is 0 Å². The standard InChI is InChI=1S/C23H33N5O2/c1-27-14-11-18(12-15-27)28-13-5-8-20(28)23-25-22(26-30-23)17-9-10-21(24-16-17)29-19-6-3-2-4-7-19/h9-10,16,18-20H,2-8,11-15H2,1H3. The molecule has 0 spiro atoms. The number of ether oxygens (including phenoxy) is 1. The summed E-state index contributed by atoms with van der Waals surface area (Å²) in [5.41, 5.74) is 0.879. The normalized spacial score (nSPS) is 25.0. The molecule has 7 heteroatoms. The van der Waals surface area contributed by atoms with E-state index in [9.17, 15) is 0 Å². The predicted octanol–water partition coefficient (Wildman–Crippen LogP) is 4.07. The lowest BCUT2D eigenvalue weighted by Crippen LogP contribution is -2.43. The molecule has 0 bridgehead atoms. The monoisotopic (exact) mass is 411 g/mol. The second-order valence-electron chi connectivity index (χ2n) is 9.15. The smallest absolute Gasteiger partial charge is 0.244 e. The summed E-state index contributed by atoms with van der Waals surface area (Å²) in [6.07, 6.45) is 12.9. The lowest BCUT2D eigenvalue weighted by atomic mass is 9.98. The van der Waals surface area contributed by atoms with Crippen molar-refractivity contribution in [2.75, 3.05) is 26.7 Å². The molecule has 2 saturated heterocycles. The molecule has 0 aromatic carbocycles. The van der Waals surface area contributed by atoms with Crippen molar-refractivity contribution >= 4 is 0 Å². The number of hydrogen-bond acceptors (Lipinski definition) is 7. The van der Waals surface area contributed by atoms with Crippen LogP contribution < -0.4 is 4.74 Å². The van der Waals surface area contributed by atoms with Crippen LogP contribution in [0.5, 0.6) is 5.88 Å². The number of pyridine rings is 1. The van der Waals surface area contributed by atoms with Crippen LogP contribution in [-0.2, 0) is 0 Å². The third kappa shape index (κ3) is 4.37. The fraction of sp³-hybridized carbons (Fsp3) is 0.696. The Balaban J connectivity index is 1.24. The summed E-state index contributed by atoms with van der Waals surface area (Å²) in [5.74, 6) is 2.07. The van der Waals surface area contributed by atoms with Gasteiger partial charge in [0.05, 0.1) is 6.04 Å². The molecule has 1 unspecified atom stereocenters. The molecular formula is C23H33N5O2. The van der Waals surface area contributed by atoms with Gasteiger partial charge in [-0.3, -0.25) is 4.90 Å². The Morgan fingerprint density at radius 3 is 2.57 bits per heavy atom. The van der Waals surface area contributed by atoms with E-state index in [1.807, 2.05) is 12.1 Å². The van der Waals surface area contributed by atoms with Gasteiger partial charge in [-0.1, -0.05) is 11.6 Å². The Labute approximate surface area is 178 Å². The maximum Gasteiger partial charge on any atom is 0.244 e. The summed E-state index contributed by atoms with van der Waals surface area (Å²) in [4.78, 5) is 14.3. The molecule has 0 amide bonds. The molecule has 4 heterocycles. The van der Waals surface area contributed by atoms with Gasteiger partial charge in [-0.2, -0.15) is 4.98 Å². The third-order valence-electron chi connectivity index (χ3n) is 7.01. The SMILES string of the molecule is CN1CCC(N2CCCC2c2nc(-c3ccc(OC4CCCCC4)nc3)no2)CC1. The lowest BCUT2D eigenvalue weighted by molar-refractivity contribution is 0.0958. The number of piperidine rings is 1. The largest absolute Gasteiger partial charge is 0.474 e. The van der Waals surface area contributed by atoms with Crippen LogP contribution in [0.4, 0.5) is 0 Å². The molecular weight excluding hydrogens is 378 g/mol. The first kappa shape index (κ1) is 19.9. The van der Waals surface area contributed by atoms with Crippen LogP contribution >= 0.6 is 0 Å². The van der Waals surface area contributed by atoms with Crippen molar-refractivity contribution in [1.82, 2.24) is 24.9 Å². The molecule has 3 aliphatic rings. The van der Waals surface area contributed by atoms with Gasteiger partial charge in [0.15, 0.2) is 0 Å². The minimum Gasteiger partial charge on any atom is -0.474 e. The van der Waals surface area contributed by atoms with Crippen LogP contribution in [0, 0.1) is 0 Å². The van der Waals surface area contributed by atoms with Crippen LogP contribution in [0.1, 0.15) is 69.7 Å². The highest BCUT2D eigenvalue weighted by atomic mass is 16.5. The zero-order valence-corrected chi connectivity index (χ0v) is 18.0. The maximum atomic E-state index is 6.04. The van der Waals surface area contributed by atoms with E-state index < -0.39 is 0 Å². The summed E-state index contributed by atoms with van der Waals surface area (Å²) >= 11 is 0. The van der Waals surface area contributed by atoms with Crippen molar-refractivity contribution in [3.05, 3.63) is 24.2 Å². The van der Waals surface area contributed by atoms with Crippen LogP contribution in [0.25, 0.3) is 11.4 Å². The highest BCUT2D eigenvalue weighted by molar-refractivity contribution is 5.53. The van der Waals surface area contributed by atoms with Gasteiger partial charge in [0.1, 0.15) is 6.10 Å². The minimum absolute atomic E-state index is 0.251. The summed E-state index contributed by atoms with van der Waals surface area (Å²) in [6, 6.07) is 4.80. The second-order valence-corrected chi connectivity index (χ2v) is 9.15. The Morgan fingerprint density at radius 1 is 0.967 bits per heavy atom. The van der Waals surface area contributed by atoms with Gasteiger partial charge < -0.3 is 14.2 Å². The van der Waals surface area contributed by atoms with E-state index in [1.165, 1.54) is 51.6 Å². The zero-order chi connectivity index (χ0) is 20.3. The number of hydrogen-bond donors (Lipinski definition) is 0. The molecule has 2 aromatic rings. The van der Waals surface area contributed by atoms with Gasteiger partial charge in [-0.25, -0.2) is 4.98 Å². The van der Waals surface area contributed by atoms with Crippen molar-refractivity contribution in [3.8, 4) is 17.3 Å². The number of rotatable bonds is 5. The van der Waals surface area contributed by atoms with Gasteiger partial charge in [-0.05, 0) is 84.1 Å². The molecule has 7 nitrogen and oxygen atoms in total. The topological polar surface area (TPSA) is 67.5 Å². The average Bonchev–Trinajstić information content (AvgIpc) is 3.45. The molecule has 1 saturated carbocycles. The van der Waals surface area contributed by atoms with Crippen molar-refractivity contribution in [2.24, 2.45) is 0 Å². The third-order valence-corrected chi connectivity index (χ3v) is 7.01. The van der Waals surface area contributed by atoms with Gasteiger partial charge in [0.2, 0.25) is 17.6 Å². The van der Waals surface area contributed by atoms with Gasteiger partial charge in [0.25, 0.3) is 0 Å². The fourth-order valence-corrected chi connectivity index (χ4v) is 5.24. The molecule has 162 valence electrons. The molecule has 0 radical (unpaired) electrons. The van der Waals surface area contributed by atoms with Crippen molar-refractivity contribution in [2.45, 2.75) is 76.0 Å². The Bertz CT molecular complexity index is 809. The highest BCUT2D eigenvalue weighted by Gasteiger charge is 2.36. The summed E-state index contributed by atoms with van der Waals surface area (Å²) < 4.78 is 11.8. The maximum absolute atomic E-state index is 6.04. The van der Waals surface area contributed by atoms with Crippen LogP contribution in [-0.4, -0.2) is 63.8 Å². The number of aromatic nitrogens is 3. The number of likely N-dealkylation sites (tertiary alicyclic amines) is 2. The zero-order valence-electron chi connectivity index (χ0n) is 18.0. The molecule has 0 N–H and O–H groups in total. The van der Waals surface area contributed by atoms with Gasteiger partial charge in [-0.15, -0.1) is 0 Å². The first-order valence-electron chi connectivity index (χ1n) is 11.7. The van der Waals surface area contributed by atoms with E-state index in [-0.39, 0.29) is 6.04 Å². The minimum atomic E-state index is 0.251. The Kier molecular flexibility index (Phi) is 6.00. The van der Waals surface area contributed by atoms with E-state index in [0.717, 1.165) is 37.3 Å². The van der Waals surface area contributed by atoms with Crippen LogP contribution in [0.15, 0.2) is 22.9 Å². The summed E-state index contributed by atoms with van der Waals surface area (Å²) in [7, 11) is 2.21. The van der Waals surface area contributed by atoms with E-state index >= 15 is 0 Å². The first-order valence-corrected chi connectivity index (χ1v) is 11.7. The fourth-order valence-electron chi connectivity index (χ4n) is 5.24. The quantitative estimate of drug-likeness (QED) is 0.734. The van der Waals surface area contributed by atoms with E-state index in [2.05, 4.69) is 27.0 Å². The van der Waals surface area contributed by atoms with E-state index in [1.54, 1.807) is 6.20 Å². The van der Waals surface area contributed by atoms with E-state index in [4.69, 9.17) is 14.2 Å². The lowest BCUT2D eigenvalue weighted by Gasteiger charge is -2.37. The predicted molar refractivity (Wildman–Crippen MR) is 114 cm³/mol. The van der Waals surface area contributed by atoms with Gasteiger partial charge in [0, 0.05) is 23.9 Å². The number of nitrogens with zero attached hydrogens (tertiary/aromatic N) is 5. The average molecular weight is 412 g/mol.